The summed E-state index contributed by atoms with van der Waals surface area (Å²) in [4.78, 5) is 12.3. The minimum absolute atomic E-state index is 0.101. The van der Waals surface area contributed by atoms with Gasteiger partial charge in [-0.15, -0.1) is 0 Å². The summed E-state index contributed by atoms with van der Waals surface area (Å²) in [5.41, 5.74) is 0.987. The molecule has 2 fully saturated rings. The zero-order valence-corrected chi connectivity index (χ0v) is 17.8. The van der Waals surface area contributed by atoms with Crippen LogP contribution in [0.5, 0.6) is 0 Å². The lowest BCUT2D eigenvalue weighted by Gasteiger charge is -2.36. The first kappa shape index (κ1) is 22.2. The Labute approximate surface area is 173 Å². The Morgan fingerprint density at radius 1 is 1.14 bits per heavy atom. The van der Waals surface area contributed by atoms with Crippen molar-refractivity contribution in [3.05, 3.63) is 29.8 Å². The molecule has 162 valence electrons. The summed E-state index contributed by atoms with van der Waals surface area (Å²) >= 11 is 0. The number of hydrogen-bond acceptors (Lipinski definition) is 5. The molecule has 1 aliphatic heterocycles. The van der Waals surface area contributed by atoms with Crippen molar-refractivity contribution in [3.8, 4) is 0 Å². The van der Waals surface area contributed by atoms with E-state index in [-0.39, 0.29) is 29.4 Å². The lowest BCUT2D eigenvalue weighted by Crippen LogP contribution is -2.51. The number of aliphatic hydroxyl groups excluding tert-OH is 1. The van der Waals surface area contributed by atoms with Crippen molar-refractivity contribution in [3.63, 3.8) is 0 Å². The second kappa shape index (κ2) is 10.0. The molecule has 0 bridgehead atoms. The number of hydrogen-bond donors (Lipinski definition) is 3. The summed E-state index contributed by atoms with van der Waals surface area (Å²) in [5.74, 6) is 0.272. The second-order valence-corrected chi connectivity index (χ2v) is 9.87. The Hall–Kier alpha value is -1.48. The standard InChI is InChI=1S/C21H32N2O5S/c1-15-6-9-18(10-7-15)29(26,27)23-19-11-8-17(28-20(19)14-24)12-13-22-21(25)16-4-2-3-5-16/h6-7,9-10,16-17,19-20,23-24H,2-5,8,11-14H2,1H3,(H,22,25)/t17-,19-,20-/m1/s1. The molecule has 1 heterocycles. The SMILES string of the molecule is Cc1ccc(S(=O)(=O)N[C@@H]2CC[C@H](CCNC(=O)C3CCCC3)O[C@@H]2CO)cc1. The number of carbonyl (C=O) groups excluding carboxylic acids is 1. The summed E-state index contributed by atoms with van der Waals surface area (Å²) in [5, 5.41) is 12.7. The van der Waals surface area contributed by atoms with Crippen LogP contribution in [0.15, 0.2) is 29.2 Å². The first-order valence-corrected chi connectivity index (χ1v) is 12.0. The summed E-state index contributed by atoms with van der Waals surface area (Å²) < 4.78 is 33.9. The maximum absolute atomic E-state index is 12.6. The Morgan fingerprint density at radius 2 is 1.83 bits per heavy atom. The fourth-order valence-electron chi connectivity index (χ4n) is 4.15. The summed E-state index contributed by atoms with van der Waals surface area (Å²) in [6, 6.07) is 6.18. The van der Waals surface area contributed by atoms with Gasteiger partial charge in [-0.05, 0) is 51.2 Å². The van der Waals surface area contributed by atoms with Crippen molar-refractivity contribution in [2.45, 2.75) is 75.0 Å². The van der Waals surface area contributed by atoms with E-state index in [1.807, 2.05) is 6.92 Å². The minimum Gasteiger partial charge on any atom is -0.394 e. The third-order valence-corrected chi connectivity index (χ3v) is 7.43. The lowest BCUT2D eigenvalue weighted by molar-refractivity contribution is -0.125. The van der Waals surface area contributed by atoms with Crippen molar-refractivity contribution in [2.75, 3.05) is 13.2 Å². The minimum atomic E-state index is -3.67. The molecule has 1 aliphatic carbocycles. The molecule has 3 rings (SSSR count). The lowest BCUT2D eigenvalue weighted by atomic mass is 9.98. The first-order valence-electron chi connectivity index (χ1n) is 10.5. The molecule has 3 atom stereocenters. The molecule has 1 aromatic carbocycles. The van der Waals surface area contributed by atoms with E-state index in [1.54, 1.807) is 24.3 Å². The van der Waals surface area contributed by atoms with Crippen LogP contribution in [0.3, 0.4) is 0 Å². The maximum Gasteiger partial charge on any atom is 0.240 e. The molecule has 1 saturated carbocycles. The molecular weight excluding hydrogens is 392 g/mol. The highest BCUT2D eigenvalue weighted by atomic mass is 32.2. The van der Waals surface area contributed by atoms with Crippen LogP contribution < -0.4 is 10.0 Å². The average Bonchev–Trinajstić information content (AvgIpc) is 3.24. The zero-order valence-electron chi connectivity index (χ0n) is 17.0. The van der Waals surface area contributed by atoms with Gasteiger partial charge in [0.2, 0.25) is 15.9 Å². The molecule has 1 saturated heterocycles. The normalized spacial score (nSPS) is 25.8. The van der Waals surface area contributed by atoms with Gasteiger partial charge in [0.15, 0.2) is 0 Å². The van der Waals surface area contributed by atoms with E-state index >= 15 is 0 Å². The molecular formula is C21H32N2O5S. The van der Waals surface area contributed by atoms with E-state index in [2.05, 4.69) is 10.0 Å². The molecule has 1 aromatic rings. The van der Waals surface area contributed by atoms with Gasteiger partial charge in [0.25, 0.3) is 0 Å². The van der Waals surface area contributed by atoms with Gasteiger partial charge < -0.3 is 15.2 Å². The maximum atomic E-state index is 12.6. The third kappa shape index (κ3) is 6.01. The van der Waals surface area contributed by atoms with E-state index in [4.69, 9.17) is 4.74 Å². The third-order valence-electron chi connectivity index (χ3n) is 5.92. The largest absolute Gasteiger partial charge is 0.394 e. The van der Waals surface area contributed by atoms with E-state index in [0.717, 1.165) is 31.2 Å². The van der Waals surface area contributed by atoms with Crippen molar-refractivity contribution in [2.24, 2.45) is 5.92 Å². The van der Waals surface area contributed by atoms with Crippen molar-refractivity contribution >= 4 is 15.9 Å². The number of aryl methyl sites for hydroxylation is 1. The molecule has 29 heavy (non-hydrogen) atoms. The molecule has 0 unspecified atom stereocenters. The van der Waals surface area contributed by atoms with Crippen LogP contribution in [0, 0.1) is 12.8 Å². The van der Waals surface area contributed by atoms with Gasteiger partial charge in [-0.3, -0.25) is 4.79 Å². The first-order chi connectivity index (χ1) is 13.9. The zero-order chi connectivity index (χ0) is 20.9. The van der Waals surface area contributed by atoms with Gasteiger partial charge in [-0.1, -0.05) is 30.5 Å². The fraction of sp³-hybridized carbons (Fsp3) is 0.667. The van der Waals surface area contributed by atoms with E-state index in [9.17, 15) is 18.3 Å². The Balaban J connectivity index is 1.48. The van der Waals surface area contributed by atoms with Crippen LogP contribution in [-0.2, 0) is 19.6 Å². The van der Waals surface area contributed by atoms with Crippen LogP contribution in [0.1, 0.15) is 50.5 Å². The number of ether oxygens (including phenoxy) is 1. The van der Waals surface area contributed by atoms with Crippen LogP contribution in [0.25, 0.3) is 0 Å². The van der Waals surface area contributed by atoms with Crippen LogP contribution in [0.2, 0.25) is 0 Å². The number of carbonyl (C=O) groups is 1. The van der Waals surface area contributed by atoms with Crippen LogP contribution >= 0.6 is 0 Å². The molecule has 0 spiro atoms. The Kier molecular flexibility index (Phi) is 7.67. The summed E-state index contributed by atoms with van der Waals surface area (Å²) in [7, 11) is -3.67. The number of sulfonamides is 1. The van der Waals surface area contributed by atoms with E-state index in [0.29, 0.717) is 25.8 Å². The monoisotopic (exact) mass is 424 g/mol. The number of benzene rings is 1. The number of nitrogens with one attached hydrogen (secondary N) is 2. The predicted molar refractivity (Wildman–Crippen MR) is 110 cm³/mol. The van der Waals surface area contributed by atoms with Gasteiger partial charge >= 0.3 is 0 Å². The smallest absolute Gasteiger partial charge is 0.240 e. The van der Waals surface area contributed by atoms with Crippen LogP contribution in [0.4, 0.5) is 0 Å². The van der Waals surface area contributed by atoms with Gasteiger partial charge in [0, 0.05) is 12.5 Å². The number of aliphatic hydroxyl groups is 1. The molecule has 0 radical (unpaired) electrons. The molecule has 1 amide bonds. The molecule has 7 nitrogen and oxygen atoms in total. The quantitative estimate of drug-likeness (QED) is 0.591. The molecule has 2 aliphatic rings. The highest BCUT2D eigenvalue weighted by Gasteiger charge is 2.34. The topological polar surface area (TPSA) is 105 Å². The molecule has 3 N–H and O–H groups in total. The van der Waals surface area contributed by atoms with E-state index in [1.165, 1.54) is 0 Å². The number of rotatable bonds is 8. The van der Waals surface area contributed by atoms with Gasteiger partial charge in [-0.2, -0.15) is 0 Å². The Morgan fingerprint density at radius 3 is 2.48 bits per heavy atom. The summed E-state index contributed by atoms with van der Waals surface area (Å²) in [6.45, 7) is 2.18. The second-order valence-electron chi connectivity index (χ2n) is 8.16. The predicted octanol–water partition coefficient (Wildman–Crippen LogP) is 1.88. The van der Waals surface area contributed by atoms with Gasteiger partial charge in [-0.25, -0.2) is 13.1 Å². The molecule has 8 heteroatoms. The van der Waals surface area contributed by atoms with Crippen molar-refractivity contribution in [1.29, 1.82) is 0 Å². The van der Waals surface area contributed by atoms with Crippen molar-refractivity contribution in [1.82, 2.24) is 10.0 Å². The van der Waals surface area contributed by atoms with Crippen LogP contribution in [-0.4, -0.2) is 50.8 Å². The van der Waals surface area contributed by atoms with E-state index < -0.39 is 22.2 Å². The highest BCUT2D eigenvalue weighted by Crippen LogP contribution is 2.25. The van der Waals surface area contributed by atoms with Gasteiger partial charge in [0.05, 0.1) is 29.8 Å². The number of amides is 1. The average molecular weight is 425 g/mol. The summed E-state index contributed by atoms with van der Waals surface area (Å²) in [6.07, 6.45) is 5.42. The fourth-order valence-corrected chi connectivity index (χ4v) is 5.45. The van der Waals surface area contributed by atoms with Crippen molar-refractivity contribution < 1.29 is 23.1 Å². The molecule has 0 aromatic heterocycles. The Bertz CT molecular complexity index is 775. The highest BCUT2D eigenvalue weighted by molar-refractivity contribution is 7.89. The van der Waals surface area contributed by atoms with Gasteiger partial charge in [0.1, 0.15) is 0 Å².